The summed E-state index contributed by atoms with van der Waals surface area (Å²) in [5.74, 6) is 0. The molecule has 0 saturated carbocycles. The van der Waals surface area contributed by atoms with Gasteiger partial charge in [-0.3, -0.25) is 9.67 Å². The topological polar surface area (TPSA) is 30.7 Å². The molecule has 3 nitrogen and oxygen atoms in total. The van der Waals surface area contributed by atoms with E-state index < -0.39 is 0 Å². The Bertz CT molecular complexity index is 750. The molecule has 0 unspecified atom stereocenters. The summed E-state index contributed by atoms with van der Waals surface area (Å²) < 4.78 is 2.14. The quantitative estimate of drug-likeness (QED) is 0.613. The first-order valence-corrected chi connectivity index (χ1v) is 10.2. The Morgan fingerprint density at radius 2 is 1.37 bits per heavy atom. The van der Waals surface area contributed by atoms with Gasteiger partial charge in [0.1, 0.15) is 0 Å². The summed E-state index contributed by atoms with van der Waals surface area (Å²) in [5, 5.41) is 4.67. The molecule has 0 saturated heterocycles. The molecule has 0 aromatic carbocycles. The van der Waals surface area contributed by atoms with Crippen LogP contribution < -0.4 is 0 Å². The number of hydrogen-bond acceptors (Lipinski definition) is 2. The van der Waals surface area contributed by atoms with Crippen LogP contribution in [-0.2, 0) is 21.8 Å². The Morgan fingerprint density at radius 3 is 1.81 bits per heavy atom. The number of pyridine rings is 1. The minimum atomic E-state index is -0.0143. The molecule has 27 heavy (non-hydrogen) atoms. The second-order valence-electron chi connectivity index (χ2n) is 11.3. The molecule has 2 heterocycles. The fourth-order valence-corrected chi connectivity index (χ4v) is 3.16. The summed E-state index contributed by atoms with van der Waals surface area (Å²) in [6, 6.07) is 4.44. The minimum Gasteiger partial charge on any atom is -0.267 e. The lowest BCUT2D eigenvalue weighted by molar-refractivity contribution is 0.260. The van der Waals surface area contributed by atoms with E-state index in [0.717, 1.165) is 18.5 Å². The van der Waals surface area contributed by atoms with E-state index in [1.165, 1.54) is 11.1 Å². The van der Waals surface area contributed by atoms with Gasteiger partial charge < -0.3 is 0 Å². The maximum absolute atomic E-state index is 4.73. The van der Waals surface area contributed by atoms with Gasteiger partial charge in [0.25, 0.3) is 0 Å². The van der Waals surface area contributed by atoms with Crippen molar-refractivity contribution < 1.29 is 0 Å². The summed E-state index contributed by atoms with van der Waals surface area (Å²) in [6.45, 7) is 22.5. The zero-order valence-electron chi connectivity index (χ0n) is 19.1. The van der Waals surface area contributed by atoms with E-state index in [9.17, 15) is 0 Å². The van der Waals surface area contributed by atoms with E-state index >= 15 is 0 Å². The van der Waals surface area contributed by atoms with Crippen LogP contribution in [0.4, 0.5) is 0 Å². The van der Waals surface area contributed by atoms with Crippen LogP contribution in [0.5, 0.6) is 0 Å². The first-order chi connectivity index (χ1) is 12.1. The molecule has 3 heteroatoms. The van der Waals surface area contributed by atoms with Gasteiger partial charge in [-0.1, -0.05) is 61.5 Å². The zero-order chi connectivity index (χ0) is 20.7. The van der Waals surface area contributed by atoms with Crippen LogP contribution in [0.3, 0.4) is 0 Å². The fourth-order valence-electron chi connectivity index (χ4n) is 3.16. The highest BCUT2D eigenvalue weighted by Gasteiger charge is 2.29. The van der Waals surface area contributed by atoms with Crippen molar-refractivity contribution in [2.24, 2.45) is 0 Å². The van der Waals surface area contributed by atoms with Crippen molar-refractivity contribution >= 4 is 0 Å². The predicted octanol–water partition coefficient (Wildman–Crippen LogP) is 6.37. The summed E-state index contributed by atoms with van der Waals surface area (Å²) in [5.41, 5.74) is 4.04. The van der Waals surface area contributed by atoms with Crippen molar-refractivity contribution in [2.45, 2.75) is 104 Å². The Morgan fingerprint density at radius 1 is 0.741 bits per heavy atom. The highest BCUT2D eigenvalue weighted by atomic mass is 15.3. The molecular weight excluding hydrogens is 330 g/mol. The average Bonchev–Trinajstić information content (AvgIpc) is 3.04. The second-order valence-corrected chi connectivity index (χ2v) is 11.3. The molecule has 0 aliphatic carbocycles. The summed E-state index contributed by atoms with van der Waals surface area (Å²) in [6.07, 6.45) is 8.45. The Hall–Kier alpha value is -1.64. The molecule has 0 amide bonds. The highest BCUT2D eigenvalue weighted by Crippen LogP contribution is 2.34. The van der Waals surface area contributed by atoms with E-state index in [1.54, 1.807) is 0 Å². The van der Waals surface area contributed by atoms with E-state index in [4.69, 9.17) is 4.98 Å². The van der Waals surface area contributed by atoms with Gasteiger partial charge in [-0.2, -0.15) is 5.10 Å². The molecule has 2 aromatic heterocycles. The molecule has 0 atom stereocenters. The lowest BCUT2D eigenvalue weighted by Crippen LogP contribution is -2.30. The van der Waals surface area contributed by atoms with Gasteiger partial charge in [0.15, 0.2) is 0 Å². The molecule has 2 aromatic rings. The van der Waals surface area contributed by atoms with Crippen LogP contribution >= 0.6 is 0 Å². The van der Waals surface area contributed by atoms with Crippen LogP contribution in [0.2, 0.25) is 0 Å². The van der Waals surface area contributed by atoms with Gasteiger partial charge in [0, 0.05) is 23.5 Å². The highest BCUT2D eigenvalue weighted by molar-refractivity contribution is 5.25. The second kappa shape index (κ2) is 7.07. The number of hydrogen-bond donors (Lipinski definition) is 0. The van der Waals surface area contributed by atoms with Crippen LogP contribution in [0.25, 0.3) is 0 Å². The fraction of sp³-hybridized carbons (Fsp3) is 0.667. The van der Waals surface area contributed by atoms with Crippen molar-refractivity contribution in [1.29, 1.82) is 0 Å². The average molecular weight is 370 g/mol. The van der Waals surface area contributed by atoms with E-state index in [-0.39, 0.29) is 21.8 Å². The third-order valence-corrected chi connectivity index (χ3v) is 5.74. The van der Waals surface area contributed by atoms with Gasteiger partial charge in [0.05, 0.1) is 11.7 Å². The first kappa shape index (κ1) is 21.7. The lowest BCUT2D eigenvalue weighted by Gasteiger charge is -2.32. The smallest absolute Gasteiger partial charge is 0.0572 e. The lowest BCUT2D eigenvalue weighted by atomic mass is 9.78. The Balaban J connectivity index is 2.12. The standard InChI is InChI=1S/C24H39N3/c1-21(2,3)19-16-26-27(17-19)24(9,10)14-13-23(7,8)18-11-12-20(25-15-18)22(4,5)6/h11-12,15-17H,13-14H2,1-10H3. The first-order valence-electron chi connectivity index (χ1n) is 10.2. The Labute approximate surface area is 166 Å². The Kier molecular flexibility index (Phi) is 5.67. The van der Waals surface area contributed by atoms with Crippen LogP contribution in [0.1, 0.15) is 98.9 Å². The van der Waals surface area contributed by atoms with Crippen molar-refractivity contribution in [1.82, 2.24) is 14.8 Å². The molecular formula is C24H39N3. The van der Waals surface area contributed by atoms with Gasteiger partial charge in [-0.25, -0.2) is 0 Å². The third-order valence-electron chi connectivity index (χ3n) is 5.74. The van der Waals surface area contributed by atoms with E-state index in [2.05, 4.69) is 104 Å². The van der Waals surface area contributed by atoms with E-state index in [1.807, 2.05) is 6.20 Å². The number of nitrogens with zero attached hydrogens (tertiary/aromatic N) is 3. The minimum absolute atomic E-state index is 0.0143. The van der Waals surface area contributed by atoms with Crippen molar-refractivity contribution in [3.05, 3.63) is 47.5 Å². The molecule has 0 bridgehead atoms. The van der Waals surface area contributed by atoms with Gasteiger partial charge >= 0.3 is 0 Å². The molecule has 2 rings (SSSR count). The monoisotopic (exact) mass is 369 g/mol. The van der Waals surface area contributed by atoms with Gasteiger partial charge in [0.2, 0.25) is 0 Å². The maximum atomic E-state index is 4.73. The molecule has 0 aliphatic heterocycles. The third kappa shape index (κ3) is 5.21. The van der Waals surface area contributed by atoms with Gasteiger partial charge in [-0.05, 0) is 54.7 Å². The SMILES string of the molecule is CC(C)(C)c1cnn(C(C)(C)CCC(C)(C)c2ccc(C(C)(C)C)nc2)c1. The van der Waals surface area contributed by atoms with Crippen LogP contribution in [-0.4, -0.2) is 14.8 Å². The van der Waals surface area contributed by atoms with Gasteiger partial charge in [-0.15, -0.1) is 0 Å². The molecule has 0 aliphatic rings. The molecule has 0 N–H and O–H groups in total. The van der Waals surface area contributed by atoms with Crippen LogP contribution in [0.15, 0.2) is 30.7 Å². The van der Waals surface area contributed by atoms with Crippen molar-refractivity contribution in [2.75, 3.05) is 0 Å². The molecule has 0 spiro atoms. The zero-order valence-corrected chi connectivity index (χ0v) is 19.1. The normalized spacial score (nSPS) is 13.9. The molecule has 0 fully saturated rings. The predicted molar refractivity (Wildman–Crippen MR) is 115 cm³/mol. The van der Waals surface area contributed by atoms with Crippen LogP contribution in [0, 0.1) is 0 Å². The summed E-state index contributed by atoms with van der Waals surface area (Å²) in [7, 11) is 0. The maximum Gasteiger partial charge on any atom is 0.0572 e. The van der Waals surface area contributed by atoms with Crippen molar-refractivity contribution in [3.63, 3.8) is 0 Å². The molecule has 150 valence electrons. The summed E-state index contributed by atoms with van der Waals surface area (Å²) in [4.78, 5) is 4.73. The largest absolute Gasteiger partial charge is 0.267 e. The number of rotatable bonds is 5. The summed E-state index contributed by atoms with van der Waals surface area (Å²) >= 11 is 0. The molecule has 0 radical (unpaired) electrons. The van der Waals surface area contributed by atoms with E-state index in [0.29, 0.717) is 0 Å². The number of aromatic nitrogens is 3. The van der Waals surface area contributed by atoms with Crippen molar-refractivity contribution in [3.8, 4) is 0 Å².